The zero-order chi connectivity index (χ0) is 21.4. The van der Waals surface area contributed by atoms with Crippen molar-refractivity contribution in [3.8, 4) is 11.1 Å². The molecule has 0 saturated heterocycles. The number of carbonyl (C=O) groups excluding carboxylic acids is 1. The minimum atomic E-state index is -0.289. The summed E-state index contributed by atoms with van der Waals surface area (Å²) in [6, 6.07) is 5.77. The number of nitrogens with zero attached hydrogens (tertiary/aromatic N) is 5. The second kappa shape index (κ2) is 7.56. The van der Waals surface area contributed by atoms with Crippen LogP contribution in [0.4, 0.5) is 5.69 Å². The van der Waals surface area contributed by atoms with Crippen LogP contribution in [-0.2, 0) is 13.0 Å². The number of benzene rings is 1. The summed E-state index contributed by atoms with van der Waals surface area (Å²) in [5.74, 6) is -0.289. The van der Waals surface area contributed by atoms with Gasteiger partial charge in [-0.05, 0) is 43.5 Å². The predicted molar refractivity (Wildman–Crippen MR) is 116 cm³/mol. The summed E-state index contributed by atoms with van der Waals surface area (Å²) in [7, 11) is 0. The van der Waals surface area contributed by atoms with E-state index in [9.17, 15) is 4.79 Å². The number of H-pyrrole nitrogens is 3. The van der Waals surface area contributed by atoms with Crippen molar-refractivity contribution in [2.75, 3.05) is 5.32 Å². The monoisotopic (exact) mass is 415 g/mol. The van der Waals surface area contributed by atoms with E-state index < -0.39 is 0 Å². The summed E-state index contributed by atoms with van der Waals surface area (Å²) in [6.07, 6.45) is 7.83. The lowest BCUT2D eigenvalue weighted by Gasteiger charge is -2.03. The fourth-order valence-electron chi connectivity index (χ4n) is 3.69. The van der Waals surface area contributed by atoms with Crippen molar-refractivity contribution < 1.29 is 4.79 Å². The molecule has 1 amide bonds. The number of aryl methyl sites for hydroxylation is 3. The van der Waals surface area contributed by atoms with E-state index >= 15 is 0 Å². The van der Waals surface area contributed by atoms with Gasteiger partial charge in [-0.3, -0.25) is 24.8 Å². The number of amides is 1. The molecule has 5 rings (SSSR count). The molecule has 0 saturated carbocycles. The van der Waals surface area contributed by atoms with Crippen LogP contribution >= 0.6 is 0 Å². The van der Waals surface area contributed by atoms with Gasteiger partial charge in [0, 0.05) is 35.6 Å². The van der Waals surface area contributed by atoms with Crippen LogP contribution < -0.4 is 5.32 Å². The molecule has 0 atom stereocenters. The first-order chi connectivity index (χ1) is 15.1. The van der Waals surface area contributed by atoms with Gasteiger partial charge in [0.05, 0.1) is 29.3 Å². The highest BCUT2D eigenvalue weighted by Gasteiger charge is 2.16. The van der Waals surface area contributed by atoms with Gasteiger partial charge in [0.25, 0.3) is 5.91 Å². The summed E-state index contributed by atoms with van der Waals surface area (Å²) in [6.45, 7) is 4.69. The van der Waals surface area contributed by atoms with Crippen molar-refractivity contribution in [1.82, 2.24) is 40.4 Å². The molecule has 0 aliphatic heterocycles. The van der Waals surface area contributed by atoms with Crippen LogP contribution in [0.15, 0.2) is 43.0 Å². The van der Waals surface area contributed by atoms with Crippen molar-refractivity contribution in [3.05, 3.63) is 65.6 Å². The van der Waals surface area contributed by atoms with E-state index in [2.05, 4.69) is 41.0 Å². The van der Waals surface area contributed by atoms with Crippen LogP contribution in [0.2, 0.25) is 0 Å². The summed E-state index contributed by atoms with van der Waals surface area (Å²) in [4.78, 5) is 12.8. The molecule has 10 nitrogen and oxygen atoms in total. The second-order valence-electron chi connectivity index (χ2n) is 7.43. The summed E-state index contributed by atoms with van der Waals surface area (Å²) >= 11 is 0. The van der Waals surface area contributed by atoms with Gasteiger partial charge in [-0.15, -0.1) is 0 Å². The fraction of sp³-hybridized carbons (Fsp3) is 0.190. The predicted octanol–water partition coefficient (Wildman–Crippen LogP) is 2.98. The molecule has 10 heteroatoms. The normalized spacial score (nSPS) is 11.3. The molecule has 4 N–H and O–H groups in total. The Morgan fingerprint density at radius 1 is 1.13 bits per heavy atom. The SMILES string of the molecule is Cc1n[nH]c(C)c1CCn1cc(NC(=O)c2n[nH]c3cc(-c4cn[nH]c4)ccc23)cn1. The Labute approximate surface area is 177 Å². The average molecular weight is 415 g/mol. The summed E-state index contributed by atoms with van der Waals surface area (Å²) < 4.78 is 1.81. The first-order valence-electron chi connectivity index (χ1n) is 9.90. The van der Waals surface area contributed by atoms with E-state index in [1.165, 1.54) is 5.56 Å². The third kappa shape index (κ3) is 3.59. The summed E-state index contributed by atoms with van der Waals surface area (Å²) in [5.41, 5.74) is 6.96. The number of aromatic nitrogens is 8. The van der Waals surface area contributed by atoms with E-state index in [-0.39, 0.29) is 5.91 Å². The van der Waals surface area contributed by atoms with Crippen LogP contribution in [-0.4, -0.2) is 46.3 Å². The largest absolute Gasteiger partial charge is 0.318 e. The van der Waals surface area contributed by atoms with Gasteiger partial charge < -0.3 is 5.32 Å². The highest BCUT2D eigenvalue weighted by atomic mass is 16.2. The third-order valence-electron chi connectivity index (χ3n) is 5.37. The smallest absolute Gasteiger partial charge is 0.276 e. The molecule has 0 fully saturated rings. The molecular weight excluding hydrogens is 394 g/mol. The molecule has 0 unspecified atom stereocenters. The minimum absolute atomic E-state index is 0.289. The quantitative estimate of drug-likeness (QED) is 0.338. The highest BCUT2D eigenvalue weighted by Crippen LogP contribution is 2.24. The molecule has 4 heterocycles. The molecule has 0 aliphatic rings. The maximum absolute atomic E-state index is 12.8. The Morgan fingerprint density at radius 2 is 2.03 bits per heavy atom. The number of hydrogen-bond donors (Lipinski definition) is 4. The molecule has 0 radical (unpaired) electrons. The maximum atomic E-state index is 12.8. The number of rotatable bonds is 6. The fourth-order valence-corrected chi connectivity index (χ4v) is 3.69. The number of carbonyl (C=O) groups is 1. The number of hydrogen-bond acceptors (Lipinski definition) is 5. The van der Waals surface area contributed by atoms with Gasteiger partial charge in [-0.1, -0.05) is 6.07 Å². The van der Waals surface area contributed by atoms with Gasteiger partial charge in [0.1, 0.15) is 0 Å². The highest BCUT2D eigenvalue weighted by molar-refractivity contribution is 6.11. The molecule has 0 bridgehead atoms. The van der Waals surface area contributed by atoms with E-state index in [1.807, 2.05) is 44.4 Å². The zero-order valence-electron chi connectivity index (χ0n) is 17.1. The Kier molecular flexibility index (Phi) is 4.58. The van der Waals surface area contributed by atoms with Crippen LogP contribution in [0.1, 0.15) is 27.4 Å². The van der Waals surface area contributed by atoms with Crippen molar-refractivity contribution in [1.29, 1.82) is 0 Å². The third-order valence-corrected chi connectivity index (χ3v) is 5.37. The van der Waals surface area contributed by atoms with Crippen molar-refractivity contribution in [2.24, 2.45) is 0 Å². The molecule has 31 heavy (non-hydrogen) atoms. The first kappa shape index (κ1) is 18.8. The number of aromatic amines is 3. The Bertz CT molecular complexity index is 1340. The van der Waals surface area contributed by atoms with Crippen LogP contribution in [0.3, 0.4) is 0 Å². The van der Waals surface area contributed by atoms with Crippen LogP contribution in [0.5, 0.6) is 0 Å². The molecule has 0 spiro atoms. The van der Waals surface area contributed by atoms with E-state index in [1.54, 1.807) is 17.1 Å². The van der Waals surface area contributed by atoms with Gasteiger partial charge in [0.15, 0.2) is 5.69 Å². The average Bonchev–Trinajstić information content (AvgIpc) is 3.55. The summed E-state index contributed by atoms with van der Waals surface area (Å²) in [5, 5.41) is 29.1. The Morgan fingerprint density at radius 3 is 2.81 bits per heavy atom. The number of fused-ring (bicyclic) bond motifs is 1. The van der Waals surface area contributed by atoms with E-state index in [0.717, 1.165) is 39.8 Å². The van der Waals surface area contributed by atoms with E-state index in [0.29, 0.717) is 17.9 Å². The minimum Gasteiger partial charge on any atom is -0.318 e. The van der Waals surface area contributed by atoms with Gasteiger partial charge in [-0.2, -0.15) is 20.4 Å². The topological polar surface area (TPSA) is 133 Å². The van der Waals surface area contributed by atoms with Crippen LogP contribution in [0.25, 0.3) is 22.0 Å². The Hall–Kier alpha value is -4.21. The van der Waals surface area contributed by atoms with Gasteiger partial charge in [0.2, 0.25) is 0 Å². The number of anilines is 1. The molecular formula is C21H21N9O. The molecule has 4 aromatic heterocycles. The van der Waals surface area contributed by atoms with Crippen molar-refractivity contribution in [3.63, 3.8) is 0 Å². The van der Waals surface area contributed by atoms with Crippen molar-refractivity contribution in [2.45, 2.75) is 26.8 Å². The molecule has 156 valence electrons. The molecule has 1 aromatic carbocycles. The lowest BCUT2D eigenvalue weighted by atomic mass is 10.1. The first-order valence-corrected chi connectivity index (χ1v) is 9.90. The lowest BCUT2D eigenvalue weighted by Crippen LogP contribution is -2.12. The molecule has 0 aliphatic carbocycles. The van der Waals surface area contributed by atoms with Gasteiger partial charge >= 0.3 is 0 Å². The van der Waals surface area contributed by atoms with Gasteiger partial charge in [-0.25, -0.2) is 0 Å². The standard InChI is InChI=1S/C21H21N9O/c1-12-17(13(2)27-26-12)5-6-30-11-16(10-24-30)25-21(31)20-18-4-3-14(7-19(18)28-29-20)15-8-22-23-9-15/h3-4,7-11H,5-6H2,1-2H3,(H,22,23)(H,25,31)(H,26,27)(H,28,29). The van der Waals surface area contributed by atoms with Crippen molar-refractivity contribution >= 4 is 22.5 Å². The van der Waals surface area contributed by atoms with Crippen LogP contribution in [0, 0.1) is 13.8 Å². The van der Waals surface area contributed by atoms with E-state index in [4.69, 9.17) is 0 Å². The molecule has 5 aromatic rings. The lowest BCUT2D eigenvalue weighted by molar-refractivity contribution is 0.102. The Balaban J connectivity index is 1.29. The maximum Gasteiger partial charge on any atom is 0.276 e. The number of nitrogens with one attached hydrogen (secondary N) is 4. The second-order valence-corrected chi connectivity index (χ2v) is 7.43. The zero-order valence-corrected chi connectivity index (χ0v) is 17.1.